The van der Waals surface area contributed by atoms with E-state index in [1.54, 1.807) is 0 Å². The summed E-state index contributed by atoms with van der Waals surface area (Å²) in [5.41, 5.74) is 0. The smallest absolute Gasteiger partial charge is 0.306 e. The van der Waals surface area contributed by atoms with Crippen LogP contribution in [0.3, 0.4) is 0 Å². The van der Waals surface area contributed by atoms with Gasteiger partial charge in [-0.1, -0.05) is 26.2 Å². The third-order valence-electron chi connectivity index (χ3n) is 5.13. The van der Waals surface area contributed by atoms with Crippen molar-refractivity contribution in [1.82, 2.24) is 10.6 Å². The number of nitrogens with one attached hydrogen (secondary N) is 2. The average molecular weight is 296 g/mol. The molecule has 2 rings (SSSR count). The predicted molar refractivity (Wildman–Crippen MR) is 80.9 cm³/mol. The fourth-order valence-corrected chi connectivity index (χ4v) is 3.77. The minimum Gasteiger partial charge on any atom is -0.481 e. The third-order valence-corrected chi connectivity index (χ3v) is 5.13. The maximum absolute atomic E-state index is 12.0. The summed E-state index contributed by atoms with van der Waals surface area (Å²) < 4.78 is 0. The molecule has 2 saturated carbocycles. The van der Waals surface area contributed by atoms with E-state index in [9.17, 15) is 9.59 Å². The molecule has 120 valence electrons. The van der Waals surface area contributed by atoms with E-state index in [4.69, 9.17) is 5.11 Å². The summed E-state index contributed by atoms with van der Waals surface area (Å²) >= 11 is 0. The standard InChI is InChI=1S/C16H28N2O3/c1-11-5-2-3-8-14(11)18-15(19)10-17-9-12-6-4-7-13(12)16(20)21/h11-14,17H,2-10H2,1H3,(H,18,19)(H,20,21). The molecule has 2 fully saturated rings. The first-order valence-electron chi connectivity index (χ1n) is 8.31. The zero-order chi connectivity index (χ0) is 15.2. The van der Waals surface area contributed by atoms with Gasteiger partial charge in [0.1, 0.15) is 0 Å². The second kappa shape index (κ2) is 7.78. The Balaban J connectivity index is 1.66. The molecule has 2 aliphatic rings. The van der Waals surface area contributed by atoms with Crippen molar-refractivity contribution < 1.29 is 14.7 Å². The normalized spacial score (nSPS) is 32.8. The average Bonchev–Trinajstić information content (AvgIpc) is 2.90. The zero-order valence-electron chi connectivity index (χ0n) is 12.9. The highest BCUT2D eigenvalue weighted by atomic mass is 16.4. The summed E-state index contributed by atoms with van der Waals surface area (Å²) in [7, 11) is 0. The van der Waals surface area contributed by atoms with Crippen molar-refractivity contribution in [2.75, 3.05) is 13.1 Å². The topological polar surface area (TPSA) is 78.4 Å². The number of hydrogen-bond acceptors (Lipinski definition) is 3. The molecule has 0 aromatic rings. The molecule has 1 amide bonds. The van der Waals surface area contributed by atoms with Crippen LogP contribution in [0.2, 0.25) is 0 Å². The molecule has 2 aliphatic carbocycles. The number of aliphatic carboxylic acids is 1. The Morgan fingerprint density at radius 3 is 2.57 bits per heavy atom. The fraction of sp³-hybridized carbons (Fsp3) is 0.875. The van der Waals surface area contributed by atoms with Gasteiger partial charge in [-0.3, -0.25) is 9.59 Å². The highest BCUT2D eigenvalue weighted by molar-refractivity contribution is 5.78. The van der Waals surface area contributed by atoms with Crippen LogP contribution in [-0.2, 0) is 9.59 Å². The molecule has 0 radical (unpaired) electrons. The van der Waals surface area contributed by atoms with Gasteiger partial charge in [0.05, 0.1) is 12.5 Å². The summed E-state index contributed by atoms with van der Waals surface area (Å²) in [6, 6.07) is 0.311. The zero-order valence-corrected chi connectivity index (χ0v) is 12.9. The van der Waals surface area contributed by atoms with E-state index in [1.807, 2.05) is 0 Å². The molecule has 0 aromatic heterocycles. The molecule has 5 nitrogen and oxygen atoms in total. The van der Waals surface area contributed by atoms with E-state index in [-0.39, 0.29) is 17.7 Å². The third kappa shape index (κ3) is 4.70. The summed E-state index contributed by atoms with van der Waals surface area (Å²) in [5.74, 6) is -0.157. The molecule has 0 saturated heterocycles. The van der Waals surface area contributed by atoms with Crippen molar-refractivity contribution in [2.45, 2.75) is 57.9 Å². The van der Waals surface area contributed by atoms with E-state index in [0.717, 1.165) is 25.7 Å². The van der Waals surface area contributed by atoms with Crippen LogP contribution in [0.25, 0.3) is 0 Å². The lowest BCUT2D eigenvalue weighted by molar-refractivity contribution is -0.142. The Labute approximate surface area is 126 Å². The van der Waals surface area contributed by atoms with Gasteiger partial charge in [-0.2, -0.15) is 0 Å². The van der Waals surface area contributed by atoms with Crippen LogP contribution in [0.1, 0.15) is 51.9 Å². The number of hydrogen-bond donors (Lipinski definition) is 3. The lowest BCUT2D eigenvalue weighted by Crippen LogP contribution is -2.45. The van der Waals surface area contributed by atoms with Crippen molar-refractivity contribution in [1.29, 1.82) is 0 Å². The number of carboxylic acid groups (broad SMARTS) is 1. The molecule has 4 unspecified atom stereocenters. The van der Waals surface area contributed by atoms with Crippen LogP contribution < -0.4 is 10.6 Å². The first-order chi connectivity index (χ1) is 10.1. The molecule has 3 N–H and O–H groups in total. The van der Waals surface area contributed by atoms with E-state index in [0.29, 0.717) is 25.0 Å². The Kier molecular flexibility index (Phi) is 6.03. The fourth-order valence-electron chi connectivity index (χ4n) is 3.77. The van der Waals surface area contributed by atoms with Gasteiger partial charge in [0.25, 0.3) is 0 Å². The van der Waals surface area contributed by atoms with Crippen LogP contribution in [0.5, 0.6) is 0 Å². The van der Waals surface area contributed by atoms with E-state index in [2.05, 4.69) is 17.6 Å². The molecule has 0 heterocycles. The number of carboxylic acids is 1. The lowest BCUT2D eigenvalue weighted by Gasteiger charge is -2.29. The molecule has 0 spiro atoms. The van der Waals surface area contributed by atoms with Crippen molar-refractivity contribution in [3.05, 3.63) is 0 Å². The molecule has 0 aromatic carbocycles. The number of rotatable bonds is 6. The van der Waals surface area contributed by atoms with Crippen molar-refractivity contribution in [3.63, 3.8) is 0 Å². The Bertz CT molecular complexity index is 373. The SMILES string of the molecule is CC1CCCCC1NC(=O)CNCC1CCCC1C(=O)O. The van der Waals surface area contributed by atoms with Gasteiger partial charge in [-0.15, -0.1) is 0 Å². The van der Waals surface area contributed by atoms with Gasteiger partial charge >= 0.3 is 5.97 Å². The maximum Gasteiger partial charge on any atom is 0.306 e. The number of carbonyl (C=O) groups excluding carboxylic acids is 1. The minimum absolute atomic E-state index is 0.0404. The van der Waals surface area contributed by atoms with E-state index >= 15 is 0 Å². The molecule has 21 heavy (non-hydrogen) atoms. The first-order valence-corrected chi connectivity index (χ1v) is 8.31. The van der Waals surface area contributed by atoms with Crippen molar-refractivity contribution in [2.24, 2.45) is 17.8 Å². The molecule has 0 bridgehead atoms. The molecule has 5 heteroatoms. The van der Waals surface area contributed by atoms with Gasteiger partial charge in [-0.05, 0) is 44.1 Å². The van der Waals surface area contributed by atoms with Gasteiger partial charge in [0.2, 0.25) is 5.91 Å². The van der Waals surface area contributed by atoms with Gasteiger partial charge in [-0.25, -0.2) is 0 Å². The van der Waals surface area contributed by atoms with Gasteiger partial charge < -0.3 is 15.7 Å². The highest BCUT2D eigenvalue weighted by Gasteiger charge is 2.32. The van der Waals surface area contributed by atoms with E-state index < -0.39 is 5.97 Å². The Morgan fingerprint density at radius 2 is 1.86 bits per heavy atom. The molecule has 0 aliphatic heterocycles. The first kappa shape index (κ1) is 16.3. The highest BCUT2D eigenvalue weighted by Crippen LogP contribution is 2.31. The van der Waals surface area contributed by atoms with Crippen LogP contribution in [0.4, 0.5) is 0 Å². The maximum atomic E-state index is 12.0. The Hall–Kier alpha value is -1.10. The quantitative estimate of drug-likeness (QED) is 0.698. The summed E-state index contributed by atoms with van der Waals surface area (Å²) in [4.78, 5) is 23.1. The lowest BCUT2D eigenvalue weighted by atomic mass is 9.86. The van der Waals surface area contributed by atoms with Gasteiger partial charge in [0, 0.05) is 6.04 Å². The second-order valence-electron chi connectivity index (χ2n) is 6.70. The molecule has 4 atom stereocenters. The summed E-state index contributed by atoms with van der Waals surface area (Å²) in [5, 5.41) is 15.4. The van der Waals surface area contributed by atoms with E-state index in [1.165, 1.54) is 19.3 Å². The van der Waals surface area contributed by atoms with Crippen LogP contribution in [0.15, 0.2) is 0 Å². The monoisotopic (exact) mass is 296 g/mol. The van der Waals surface area contributed by atoms with Crippen LogP contribution in [-0.4, -0.2) is 36.1 Å². The van der Waals surface area contributed by atoms with Crippen LogP contribution >= 0.6 is 0 Å². The summed E-state index contributed by atoms with van der Waals surface area (Å²) in [6.45, 7) is 3.13. The van der Waals surface area contributed by atoms with Gasteiger partial charge in [0.15, 0.2) is 0 Å². The summed E-state index contributed by atoms with van der Waals surface area (Å²) in [6.07, 6.45) is 7.44. The largest absolute Gasteiger partial charge is 0.481 e. The Morgan fingerprint density at radius 1 is 1.10 bits per heavy atom. The number of amides is 1. The minimum atomic E-state index is -0.695. The van der Waals surface area contributed by atoms with Crippen LogP contribution in [0, 0.1) is 17.8 Å². The van der Waals surface area contributed by atoms with Crippen molar-refractivity contribution >= 4 is 11.9 Å². The molecular formula is C16H28N2O3. The van der Waals surface area contributed by atoms with Crippen molar-refractivity contribution in [3.8, 4) is 0 Å². The second-order valence-corrected chi connectivity index (χ2v) is 6.70. The number of carbonyl (C=O) groups is 2. The predicted octanol–water partition coefficient (Wildman–Crippen LogP) is 1.77. The molecular weight excluding hydrogens is 268 g/mol.